The van der Waals surface area contributed by atoms with Crippen LogP contribution < -0.4 is 5.32 Å². The van der Waals surface area contributed by atoms with Gasteiger partial charge < -0.3 is 5.32 Å². The van der Waals surface area contributed by atoms with Crippen molar-refractivity contribution in [2.24, 2.45) is 5.41 Å². The maximum absolute atomic E-state index is 14.0. The summed E-state index contributed by atoms with van der Waals surface area (Å²) in [5.74, 6) is 0.209. The van der Waals surface area contributed by atoms with Crippen LogP contribution in [0.4, 0.5) is 19.0 Å². The normalized spacial score (nSPS) is 17.2. The minimum atomic E-state index is -4.48. The van der Waals surface area contributed by atoms with Gasteiger partial charge in [-0.05, 0) is 41.4 Å². The summed E-state index contributed by atoms with van der Waals surface area (Å²) in [6.07, 6.45) is -0.694. The topological polar surface area (TPSA) is 46.9 Å². The van der Waals surface area contributed by atoms with Crippen molar-refractivity contribution in [1.82, 2.24) is 9.78 Å². The van der Waals surface area contributed by atoms with Crippen LogP contribution in [0.25, 0.3) is 0 Å². The summed E-state index contributed by atoms with van der Waals surface area (Å²) in [5, 5.41) is 7.24. The van der Waals surface area contributed by atoms with Crippen molar-refractivity contribution in [2.75, 3.05) is 5.32 Å². The third-order valence-electron chi connectivity index (χ3n) is 8.28. The quantitative estimate of drug-likeness (QED) is 0.197. The second-order valence-corrected chi connectivity index (χ2v) is 11.8. The molecule has 0 spiro atoms. The summed E-state index contributed by atoms with van der Waals surface area (Å²) in [4.78, 5) is 13.4. The van der Waals surface area contributed by atoms with Gasteiger partial charge in [0.25, 0.3) is 0 Å². The molecule has 0 unspecified atom stereocenters. The second-order valence-electron chi connectivity index (χ2n) is 11.8. The number of nitrogens with one attached hydrogen (secondary N) is 1. The standard InChI is InChI=1S/C34H36F3N3O/c1-33(2,20-18-27(24-12-6-3-7-13-24)25-14-8-4-9-15-25)21-19-30(41)28-23-38-40-31(34(35,36)37)22-29(39-32(28)40)26-16-10-5-11-17-26/h3-17,23,27,29,31,39H,18-22H2,1-2H3/t29-,31+/m1/s1. The van der Waals surface area contributed by atoms with Crippen molar-refractivity contribution in [2.45, 2.75) is 70.1 Å². The number of nitrogens with zero attached hydrogens (tertiary/aromatic N) is 2. The van der Waals surface area contributed by atoms with Crippen LogP contribution >= 0.6 is 0 Å². The SMILES string of the molecule is CC(C)(CCC(=O)c1cnn2c1N[C@@H](c1ccccc1)C[C@H]2C(F)(F)F)CCC(c1ccccc1)c1ccccc1. The number of hydrogen-bond acceptors (Lipinski definition) is 3. The van der Waals surface area contributed by atoms with E-state index in [1.807, 2.05) is 18.2 Å². The van der Waals surface area contributed by atoms with Gasteiger partial charge in [0.1, 0.15) is 5.82 Å². The second kappa shape index (κ2) is 11.9. The van der Waals surface area contributed by atoms with Crippen LogP contribution in [0.1, 0.15) is 91.0 Å². The molecule has 4 aromatic rings. The molecule has 7 heteroatoms. The third kappa shape index (κ3) is 6.72. The molecule has 0 fully saturated rings. The van der Waals surface area contributed by atoms with E-state index in [1.54, 1.807) is 24.3 Å². The molecular weight excluding hydrogens is 523 g/mol. The zero-order valence-electron chi connectivity index (χ0n) is 23.4. The maximum Gasteiger partial charge on any atom is 0.410 e. The van der Waals surface area contributed by atoms with Gasteiger partial charge in [0.05, 0.1) is 17.8 Å². The van der Waals surface area contributed by atoms with E-state index in [-0.39, 0.29) is 41.3 Å². The van der Waals surface area contributed by atoms with Gasteiger partial charge >= 0.3 is 6.18 Å². The number of ketones is 1. The minimum absolute atomic E-state index is 0.140. The van der Waals surface area contributed by atoms with Crippen molar-refractivity contribution < 1.29 is 18.0 Å². The number of hydrogen-bond donors (Lipinski definition) is 1. The van der Waals surface area contributed by atoms with Gasteiger partial charge in [0.15, 0.2) is 11.8 Å². The van der Waals surface area contributed by atoms with Crippen molar-refractivity contribution >= 4 is 11.6 Å². The molecule has 41 heavy (non-hydrogen) atoms. The lowest BCUT2D eigenvalue weighted by molar-refractivity contribution is -0.173. The van der Waals surface area contributed by atoms with Crippen molar-refractivity contribution in [3.8, 4) is 0 Å². The van der Waals surface area contributed by atoms with Gasteiger partial charge in [-0.25, -0.2) is 4.68 Å². The molecule has 1 aliphatic heterocycles. The summed E-state index contributed by atoms with van der Waals surface area (Å²) < 4.78 is 43.1. The molecule has 5 rings (SSSR count). The predicted molar refractivity (Wildman–Crippen MR) is 156 cm³/mol. The number of carbonyl (C=O) groups excluding carboxylic acids is 1. The van der Waals surface area contributed by atoms with Gasteiger partial charge in [-0.2, -0.15) is 18.3 Å². The average molecular weight is 560 g/mol. The maximum atomic E-state index is 14.0. The van der Waals surface area contributed by atoms with Gasteiger partial charge in [0.2, 0.25) is 0 Å². The first kappa shape index (κ1) is 28.7. The number of halogens is 3. The fraction of sp³-hybridized carbons (Fsp3) is 0.353. The number of anilines is 1. The van der Waals surface area contributed by atoms with Gasteiger partial charge in [-0.1, -0.05) is 105 Å². The average Bonchev–Trinajstić information content (AvgIpc) is 3.41. The molecular formula is C34H36F3N3O. The Balaban J connectivity index is 1.29. The third-order valence-corrected chi connectivity index (χ3v) is 8.28. The van der Waals surface area contributed by atoms with Crippen LogP contribution in [0.2, 0.25) is 0 Å². The fourth-order valence-electron chi connectivity index (χ4n) is 5.81. The smallest absolute Gasteiger partial charge is 0.363 e. The van der Waals surface area contributed by atoms with Crippen molar-refractivity contribution in [3.63, 3.8) is 0 Å². The zero-order chi connectivity index (χ0) is 29.0. The van der Waals surface area contributed by atoms with E-state index in [9.17, 15) is 18.0 Å². The molecule has 0 aliphatic carbocycles. The van der Waals surface area contributed by atoms with E-state index in [1.165, 1.54) is 17.3 Å². The van der Waals surface area contributed by atoms with E-state index in [4.69, 9.17) is 0 Å². The van der Waals surface area contributed by atoms with E-state index in [0.29, 0.717) is 6.42 Å². The molecule has 0 bridgehead atoms. The molecule has 4 nitrogen and oxygen atoms in total. The number of carbonyl (C=O) groups is 1. The lowest BCUT2D eigenvalue weighted by atomic mass is 9.77. The Hall–Kier alpha value is -3.87. The summed E-state index contributed by atoms with van der Waals surface area (Å²) in [5.41, 5.74) is 3.35. The molecule has 214 valence electrons. The van der Waals surface area contributed by atoms with E-state index in [0.717, 1.165) is 23.1 Å². The highest BCUT2D eigenvalue weighted by Gasteiger charge is 2.47. The van der Waals surface area contributed by atoms with Crippen LogP contribution in [0.5, 0.6) is 0 Å². The number of alkyl halides is 3. The van der Waals surface area contributed by atoms with Crippen LogP contribution in [-0.4, -0.2) is 21.7 Å². The van der Waals surface area contributed by atoms with Crippen LogP contribution in [0.15, 0.2) is 97.2 Å². The molecule has 0 radical (unpaired) electrons. The molecule has 2 heterocycles. The van der Waals surface area contributed by atoms with Gasteiger partial charge in [-0.3, -0.25) is 4.79 Å². The molecule has 0 saturated heterocycles. The Morgan fingerprint density at radius 1 is 0.902 bits per heavy atom. The summed E-state index contributed by atoms with van der Waals surface area (Å²) in [6.45, 7) is 4.31. The Labute approximate surface area is 239 Å². The number of Topliss-reactive ketones (excluding diaryl/α,β-unsaturated/α-hetero) is 1. The lowest BCUT2D eigenvalue weighted by Crippen LogP contribution is -2.36. The first-order valence-corrected chi connectivity index (χ1v) is 14.2. The first-order valence-electron chi connectivity index (χ1n) is 14.2. The number of fused-ring (bicyclic) bond motifs is 1. The van der Waals surface area contributed by atoms with Crippen molar-refractivity contribution in [3.05, 3.63) is 119 Å². The molecule has 3 aromatic carbocycles. The predicted octanol–water partition coefficient (Wildman–Crippen LogP) is 9.14. The largest absolute Gasteiger partial charge is 0.410 e. The van der Waals surface area contributed by atoms with Crippen molar-refractivity contribution in [1.29, 1.82) is 0 Å². The summed E-state index contributed by atoms with van der Waals surface area (Å²) in [6, 6.07) is 27.6. The highest BCUT2D eigenvalue weighted by atomic mass is 19.4. The molecule has 0 amide bonds. The summed E-state index contributed by atoms with van der Waals surface area (Å²) >= 11 is 0. The minimum Gasteiger partial charge on any atom is -0.363 e. The Morgan fingerprint density at radius 3 is 2.02 bits per heavy atom. The molecule has 0 saturated carbocycles. The number of benzene rings is 3. The summed E-state index contributed by atoms with van der Waals surface area (Å²) in [7, 11) is 0. The van der Waals surface area contributed by atoms with Crippen LogP contribution in [0.3, 0.4) is 0 Å². The zero-order valence-corrected chi connectivity index (χ0v) is 23.4. The fourth-order valence-corrected chi connectivity index (χ4v) is 5.81. The van der Waals surface area contributed by atoms with Crippen LogP contribution in [-0.2, 0) is 0 Å². The first-order chi connectivity index (χ1) is 19.6. The van der Waals surface area contributed by atoms with E-state index in [2.05, 4.69) is 72.8 Å². The number of rotatable bonds is 10. The lowest BCUT2D eigenvalue weighted by Gasteiger charge is -2.34. The van der Waals surface area contributed by atoms with Crippen LogP contribution in [0, 0.1) is 5.41 Å². The van der Waals surface area contributed by atoms with Gasteiger partial charge in [0, 0.05) is 18.8 Å². The Bertz CT molecular complexity index is 1390. The van der Waals surface area contributed by atoms with E-state index < -0.39 is 18.3 Å². The molecule has 1 N–H and O–H groups in total. The van der Waals surface area contributed by atoms with Gasteiger partial charge in [-0.15, -0.1) is 0 Å². The monoisotopic (exact) mass is 559 g/mol. The molecule has 1 aromatic heterocycles. The highest BCUT2D eigenvalue weighted by molar-refractivity contribution is 6.00. The molecule has 1 aliphatic rings. The highest BCUT2D eigenvalue weighted by Crippen LogP contribution is 2.45. The Morgan fingerprint density at radius 2 is 1.46 bits per heavy atom. The van der Waals surface area contributed by atoms with E-state index >= 15 is 0 Å². The molecule has 2 atom stereocenters. The Kier molecular flexibility index (Phi) is 8.34. The number of aromatic nitrogens is 2.